The van der Waals surface area contributed by atoms with Crippen LogP contribution in [0.1, 0.15) is 19.4 Å². The molecule has 0 heterocycles. The number of likely N-dealkylation sites (N-methyl/N-ethyl adjacent to an activating group) is 1. The highest BCUT2D eigenvalue weighted by Gasteiger charge is 2.14. The predicted octanol–water partition coefficient (Wildman–Crippen LogP) is 2.65. The van der Waals surface area contributed by atoms with Gasteiger partial charge in [0.25, 0.3) is 0 Å². The van der Waals surface area contributed by atoms with Crippen molar-refractivity contribution in [1.29, 1.82) is 0 Å². The van der Waals surface area contributed by atoms with E-state index < -0.39 is 15.3 Å². The average Bonchev–Trinajstić information content (AvgIpc) is 2.54. The van der Waals surface area contributed by atoms with E-state index >= 15 is 0 Å². The zero-order chi connectivity index (χ0) is 18.4. The van der Waals surface area contributed by atoms with Crippen molar-refractivity contribution in [3.63, 3.8) is 0 Å². The molecule has 2 aromatic rings. The third-order valence-corrected chi connectivity index (χ3v) is 5.87. The van der Waals surface area contributed by atoms with Crippen molar-refractivity contribution in [2.24, 2.45) is 0 Å². The standard InChI is InChI=1S/C19H28N2O3S/c1-15(2)25(22,23)20-10-9-16-5-6-18-14-19(8-7-17(18)13-16)24-12-11-21(3)4/h5-8,13-15,20H,9-12H2,1-4H3. The molecule has 0 fully saturated rings. The normalized spacial score (nSPS) is 12.2. The zero-order valence-corrected chi connectivity index (χ0v) is 16.3. The van der Waals surface area contributed by atoms with E-state index in [1.54, 1.807) is 13.8 Å². The molecule has 0 aliphatic heterocycles. The molecule has 0 aliphatic rings. The summed E-state index contributed by atoms with van der Waals surface area (Å²) in [7, 11) is 0.839. The second-order valence-electron chi connectivity index (χ2n) is 6.73. The Hall–Kier alpha value is -1.63. The van der Waals surface area contributed by atoms with Crippen molar-refractivity contribution >= 4 is 20.8 Å². The molecule has 0 spiro atoms. The van der Waals surface area contributed by atoms with Gasteiger partial charge in [0.05, 0.1) is 5.25 Å². The maximum Gasteiger partial charge on any atom is 0.213 e. The Kier molecular flexibility index (Phi) is 6.81. The molecule has 0 aliphatic carbocycles. The van der Waals surface area contributed by atoms with Gasteiger partial charge in [0.2, 0.25) is 10.0 Å². The highest BCUT2D eigenvalue weighted by molar-refractivity contribution is 7.90. The van der Waals surface area contributed by atoms with E-state index in [1.807, 2.05) is 38.4 Å². The summed E-state index contributed by atoms with van der Waals surface area (Å²) < 4.78 is 31.9. The number of hydrogen-bond acceptors (Lipinski definition) is 4. The van der Waals surface area contributed by atoms with Gasteiger partial charge in [-0.3, -0.25) is 0 Å². The van der Waals surface area contributed by atoms with Gasteiger partial charge in [-0.25, -0.2) is 13.1 Å². The molecule has 0 bridgehead atoms. The monoisotopic (exact) mass is 364 g/mol. The van der Waals surface area contributed by atoms with Crippen molar-refractivity contribution in [3.05, 3.63) is 42.0 Å². The number of hydrogen-bond donors (Lipinski definition) is 1. The minimum absolute atomic E-state index is 0.407. The van der Waals surface area contributed by atoms with Crippen LogP contribution in [-0.2, 0) is 16.4 Å². The Morgan fingerprint density at radius 1 is 1.08 bits per heavy atom. The molecule has 138 valence electrons. The smallest absolute Gasteiger partial charge is 0.213 e. The largest absolute Gasteiger partial charge is 0.492 e. The minimum Gasteiger partial charge on any atom is -0.492 e. The van der Waals surface area contributed by atoms with Crippen LogP contribution in [0.4, 0.5) is 0 Å². The van der Waals surface area contributed by atoms with Gasteiger partial charge < -0.3 is 9.64 Å². The summed E-state index contributed by atoms with van der Waals surface area (Å²) in [4.78, 5) is 2.08. The number of benzene rings is 2. The Morgan fingerprint density at radius 3 is 2.44 bits per heavy atom. The Labute approximate surface area is 151 Å². The van der Waals surface area contributed by atoms with Gasteiger partial charge in [-0.15, -0.1) is 0 Å². The van der Waals surface area contributed by atoms with E-state index in [9.17, 15) is 8.42 Å². The maximum absolute atomic E-state index is 11.8. The van der Waals surface area contributed by atoms with Gasteiger partial charge in [0.15, 0.2) is 0 Å². The van der Waals surface area contributed by atoms with Crippen LogP contribution in [0, 0.1) is 0 Å². The molecule has 5 nitrogen and oxygen atoms in total. The Morgan fingerprint density at radius 2 is 1.76 bits per heavy atom. The van der Waals surface area contributed by atoms with Gasteiger partial charge in [-0.1, -0.05) is 24.3 Å². The summed E-state index contributed by atoms with van der Waals surface area (Å²) in [5.41, 5.74) is 1.11. The molecule has 0 saturated heterocycles. The molecule has 0 aromatic heterocycles. The topological polar surface area (TPSA) is 58.6 Å². The van der Waals surface area contributed by atoms with Crippen molar-refractivity contribution in [2.75, 3.05) is 33.8 Å². The van der Waals surface area contributed by atoms with Gasteiger partial charge >= 0.3 is 0 Å². The number of nitrogens with zero attached hydrogens (tertiary/aromatic N) is 1. The molecule has 0 saturated carbocycles. The summed E-state index contributed by atoms with van der Waals surface area (Å²) >= 11 is 0. The number of fused-ring (bicyclic) bond motifs is 1. The summed E-state index contributed by atoms with van der Waals surface area (Å²) in [6, 6.07) is 12.3. The summed E-state index contributed by atoms with van der Waals surface area (Å²) in [5, 5.41) is 1.84. The van der Waals surface area contributed by atoms with Crippen molar-refractivity contribution < 1.29 is 13.2 Å². The molecule has 0 radical (unpaired) electrons. The molecule has 6 heteroatoms. The van der Waals surface area contributed by atoms with E-state index in [1.165, 1.54) is 0 Å². The molecular weight excluding hydrogens is 336 g/mol. The molecule has 0 unspecified atom stereocenters. The third-order valence-electron chi connectivity index (χ3n) is 4.02. The number of nitrogens with one attached hydrogen (secondary N) is 1. The van der Waals surface area contributed by atoms with E-state index in [4.69, 9.17) is 4.74 Å². The van der Waals surface area contributed by atoms with E-state index in [0.717, 1.165) is 28.6 Å². The quantitative estimate of drug-likeness (QED) is 0.743. The van der Waals surface area contributed by atoms with E-state index in [2.05, 4.69) is 21.8 Å². The lowest BCUT2D eigenvalue weighted by Gasteiger charge is -2.12. The zero-order valence-electron chi connectivity index (χ0n) is 15.5. The van der Waals surface area contributed by atoms with E-state index in [0.29, 0.717) is 19.6 Å². The lowest BCUT2D eigenvalue weighted by molar-refractivity contribution is 0.261. The SMILES string of the molecule is CC(C)S(=O)(=O)NCCc1ccc2cc(OCCN(C)C)ccc2c1. The molecule has 0 amide bonds. The number of sulfonamides is 1. The fourth-order valence-electron chi connectivity index (χ4n) is 2.37. The minimum atomic E-state index is -3.20. The lowest BCUT2D eigenvalue weighted by atomic mass is 10.0. The molecule has 2 rings (SSSR count). The van der Waals surface area contributed by atoms with Gasteiger partial charge in [0, 0.05) is 13.1 Å². The first-order valence-electron chi connectivity index (χ1n) is 8.56. The van der Waals surface area contributed by atoms with Crippen LogP contribution in [0.15, 0.2) is 36.4 Å². The summed E-state index contributed by atoms with van der Waals surface area (Å²) in [6.45, 7) is 5.31. The first-order chi connectivity index (χ1) is 11.8. The van der Waals surface area contributed by atoms with Crippen LogP contribution in [0.3, 0.4) is 0 Å². The van der Waals surface area contributed by atoms with Crippen molar-refractivity contribution in [1.82, 2.24) is 9.62 Å². The molecule has 0 atom stereocenters. The third kappa shape index (κ3) is 5.99. The van der Waals surface area contributed by atoms with Crippen LogP contribution >= 0.6 is 0 Å². The van der Waals surface area contributed by atoms with E-state index in [-0.39, 0.29) is 0 Å². The maximum atomic E-state index is 11.8. The Balaban J connectivity index is 1.98. The lowest BCUT2D eigenvalue weighted by Crippen LogP contribution is -2.32. The highest BCUT2D eigenvalue weighted by atomic mass is 32.2. The van der Waals surface area contributed by atoms with Crippen LogP contribution in [0.2, 0.25) is 0 Å². The average molecular weight is 365 g/mol. The summed E-state index contributed by atoms with van der Waals surface area (Å²) in [6.07, 6.45) is 0.670. The highest BCUT2D eigenvalue weighted by Crippen LogP contribution is 2.22. The van der Waals surface area contributed by atoms with Gasteiger partial charge in [0.1, 0.15) is 12.4 Å². The fourth-order valence-corrected chi connectivity index (χ4v) is 3.09. The second kappa shape index (κ2) is 8.65. The van der Waals surface area contributed by atoms with Crippen LogP contribution in [0.5, 0.6) is 5.75 Å². The fraction of sp³-hybridized carbons (Fsp3) is 0.474. The molecule has 2 aromatic carbocycles. The van der Waals surface area contributed by atoms with Gasteiger partial charge in [-0.2, -0.15) is 0 Å². The Bertz CT molecular complexity index is 801. The predicted molar refractivity (Wildman–Crippen MR) is 104 cm³/mol. The first kappa shape index (κ1) is 19.7. The summed E-state index contributed by atoms with van der Waals surface area (Å²) in [5.74, 6) is 0.867. The van der Waals surface area contributed by atoms with Crippen LogP contribution in [0.25, 0.3) is 10.8 Å². The molecular formula is C19H28N2O3S. The van der Waals surface area contributed by atoms with Crippen LogP contribution < -0.4 is 9.46 Å². The van der Waals surface area contributed by atoms with Crippen LogP contribution in [-0.4, -0.2) is 52.4 Å². The van der Waals surface area contributed by atoms with Gasteiger partial charge in [-0.05, 0) is 62.8 Å². The molecule has 1 N–H and O–H groups in total. The van der Waals surface area contributed by atoms with Crippen molar-refractivity contribution in [3.8, 4) is 5.75 Å². The first-order valence-corrected chi connectivity index (χ1v) is 10.1. The van der Waals surface area contributed by atoms with Crippen molar-refractivity contribution in [2.45, 2.75) is 25.5 Å². The number of ether oxygens (including phenoxy) is 1. The second-order valence-corrected chi connectivity index (χ2v) is 9.05. The molecule has 25 heavy (non-hydrogen) atoms. The number of rotatable bonds is 9.